The molecule has 0 unspecified atom stereocenters. The van der Waals surface area contributed by atoms with Crippen LogP contribution in [0.25, 0.3) is 0 Å². The van der Waals surface area contributed by atoms with Crippen molar-refractivity contribution in [1.82, 2.24) is 4.90 Å². The number of carbonyl (C=O) groups is 1. The predicted octanol–water partition coefficient (Wildman–Crippen LogP) is 1.58. The third-order valence-electron chi connectivity index (χ3n) is 2.20. The summed E-state index contributed by atoms with van der Waals surface area (Å²) in [6, 6.07) is 3.84. The summed E-state index contributed by atoms with van der Waals surface area (Å²) in [5, 5.41) is 0. The van der Waals surface area contributed by atoms with Crippen LogP contribution in [0.5, 0.6) is 0 Å². The number of hydrogen-bond donors (Lipinski definition) is 0. The van der Waals surface area contributed by atoms with E-state index >= 15 is 0 Å². The van der Waals surface area contributed by atoms with Crippen LogP contribution >= 0.6 is 0 Å². The summed E-state index contributed by atoms with van der Waals surface area (Å²) in [4.78, 5) is 13.0. The highest BCUT2D eigenvalue weighted by Gasteiger charge is 2.11. The standard InChI is InChI=1S/C11H17NO3/c1-4-12(8-11(13)14-3)7-10-6-5-9(2)15-10/h5-6H,4,7-8H2,1-3H3. The summed E-state index contributed by atoms with van der Waals surface area (Å²) in [6.45, 7) is 5.62. The Morgan fingerprint density at radius 3 is 2.73 bits per heavy atom. The Balaban J connectivity index is 2.50. The number of ether oxygens (including phenoxy) is 1. The van der Waals surface area contributed by atoms with E-state index in [4.69, 9.17) is 4.42 Å². The lowest BCUT2D eigenvalue weighted by molar-refractivity contribution is -0.142. The maximum Gasteiger partial charge on any atom is 0.319 e. The van der Waals surface area contributed by atoms with Gasteiger partial charge in [0.05, 0.1) is 20.2 Å². The van der Waals surface area contributed by atoms with Gasteiger partial charge >= 0.3 is 5.97 Å². The lowest BCUT2D eigenvalue weighted by Crippen LogP contribution is -2.29. The summed E-state index contributed by atoms with van der Waals surface area (Å²) in [6.07, 6.45) is 0. The fraction of sp³-hybridized carbons (Fsp3) is 0.545. The Kier molecular flexibility index (Phi) is 4.37. The number of carbonyl (C=O) groups excluding carboxylic acids is 1. The molecule has 0 aliphatic heterocycles. The van der Waals surface area contributed by atoms with Crippen LogP contribution in [0.15, 0.2) is 16.5 Å². The van der Waals surface area contributed by atoms with Crippen LogP contribution in [0.2, 0.25) is 0 Å². The summed E-state index contributed by atoms with van der Waals surface area (Å²) >= 11 is 0. The van der Waals surface area contributed by atoms with Crippen molar-refractivity contribution in [2.24, 2.45) is 0 Å². The van der Waals surface area contributed by atoms with Crippen molar-refractivity contribution < 1.29 is 13.9 Å². The Labute approximate surface area is 89.8 Å². The molecule has 0 radical (unpaired) electrons. The van der Waals surface area contributed by atoms with E-state index < -0.39 is 0 Å². The second kappa shape index (κ2) is 5.56. The zero-order valence-corrected chi connectivity index (χ0v) is 9.45. The number of hydrogen-bond acceptors (Lipinski definition) is 4. The number of rotatable bonds is 5. The zero-order chi connectivity index (χ0) is 11.3. The maximum absolute atomic E-state index is 11.1. The van der Waals surface area contributed by atoms with E-state index in [1.807, 2.05) is 30.9 Å². The molecule has 0 aromatic carbocycles. The van der Waals surface area contributed by atoms with Crippen molar-refractivity contribution in [3.63, 3.8) is 0 Å². The molecule has 1 rings (SSSR count). The molecule has 0 aliphatic carbocycles. The Bertz CT molecular complexity index is 319. The van der Waals surface area contributed by atoms with Gasteiger partial charge in [-0.2, -0.15) is 0 Å². The second-order valence-corrected chi connectivity index (χ2v) is 3.39. The van der Waals surface area contributed by atoms with E-state index in [2.05, 4.69) is 4.74 Å². The molecule has 0 atom stereocenters. The predicted molar refractivity (Wildman–Crippen MR) is 56.4 cm³/mol. The highest BCUT2D eigenvalue weighted by atomic mass is 16.5. The van der Waals surface area contributed by atoms with E-state index in [-0.39, 0.29) is 5.97 Å². The van der Waals surface area contributed by atoms with E-state index in [1.54, 1.807) is 0 Å². The molecule has 4 nitrogen and oxygen atoms in total. The first-order valence-electron chi connectivity index (χ1n) is 5.00. The third-order valence-corrected chi connectivity index (χ3v) is 2.20. The molecule has 0 N–H and O–H groups in total. The molecule has 0 amide bonds. The normalized spacial score (nSPS) is 10.7. The number of aryl methyl sites for hydroxylation is 1. The summed E-state index contributed by atoms with van der Waals surface area (Å²) < 4.78 is 10.1. The van der Waals surface area contributed by atoms with Gasteiger partial charge in [-0.25, -0.2) is 0 Å². The first-order chi connectivity index (χ1) is 7.15. The van der Waals surface area contributed by atoms with Gasteiger partial charge in [0, 0.05) is 0 Å². The van der Waals surface area contributed by atoms with Crippen LogP contribution in [0.3, 0.4) is 0 Å². The average Bonchev–Trinajstić information content (AvgIpc) is 2.62. The fourth-order valence-electron chi connectivity index (χ4n) is 1.32. The second-order valence-electron chi connectivity index (χ2n) is 3.39. The van der Waals surface area contributed by atoms with Crippen LogP contribution in [0.1, 0.15) is 18.4 Å². The average molecular weight is 211 g/mol. The number of esters is 1. The van der Waals surface area contributed by atoms with Gasteiger partial charge in [0.25, 0.3) is 0 Å². The van der Waals surface area contributed by atoms with E-state index in [0.717, 1.165) is 18.1 Å². The molecule has 4 heteroatoms. The minimum Gasteiger partial charge on any atom is -0.468 e. The fourth-order valence-corrected chi connectivity index (χ4v) is 1.32. The summed E-state index contributed by atoms with van der Waals surface area (Å²) in [5.74, 6) is 1.54. The first-order valence-corrected chi connectivity index (χ1v) is 5.00. The van der Waals surface area contributed by atoms with Gasteiger partial charge < -0.3 is 9.15 Å². The molecule has 0 spiro atoms. The number of furan rings is 1. The van der Waals surface area contributed by atoms with Gasteiger partial charge in [-0.15, -0.1) is 0 Å². The minimum atomic E-state index is -0.222. The summed E-state index contributed by atoms with van der Waals surface area (Å²) in [5.41, 5.74) is 0. The molecular weight excluding hydrogens is 194 g/mol. The molecule has 0 saturated carbocycles. The minimum absolute atomic E-state index is 0.222. The van der Waals surface area contributed by atoms with E-state index in [9.17, 15) is 4.79 Å². The number of methoxy groups -OCH3 is 1. The third kappa shape index (κ3) is 3.75. The molecule has 0 bridgehead atoms. The van der Waals surface area contributed by atoms with Crippen molar-refractivity contribution in [2.75, 3.05) is 20.2 Å². The van der Waals surface area contributed by atoms with Crippen molar-refractivity contribution in [1.29, 1.82) is 0 Å². The highest BCUT2D eigenvalue weighted by molar-refractivity contribution is 5.71. The van der Waals surface area contributed by atoms with E-state index in [0.29, 0.717) is 13.1 Å². The largest absolute Gasteiger partial charge is 0.468 e. The molecule has 1 aromatic rings. The van der Waals surface area contributed by atoms with Crippen LogP contribution in [-0.2, 0) is 16.1 Å². The van der Waals surface area contributed by atoms with Gasteiger partial charge in [0.2, 0.25) is 0 Å². The smallest absolute Gasteiger partial charge is 0.319 e. The molecule has 0 fully saturated rings. The van der Waals surface area contributed by atoms with Crippen LogP contribution < -0.4 is 0 Å². The first kappa shape index (κ1) is 11.8. The molecule has 15 heavy (non-hydrogen) atoms. The Morgan fingerprint density at radius 1 is 1.53 bits per heavy atom. The van der Waals surface area contributed by atoms with Crippen molar-refractivity contribution in [3.8, 4) is 0 Å². The van der Waals surface area contributed by atoms with Gasteiger partial charge in [0.15, 0.2) is 0 Å². The summed E-state index contributed by atoms with van der Waals surface area (Å²) in [7, 11) is 1.40. The van der Waals surface area contributed by atoms with Gasteiger partial charge in [0.1, 0.15) is 11.5 Å². The van der Waals surface area contributed by atoms with E-state index in [1.165, 1.54) is 7.11 Å². The quantitative estimate of drug-likeness (QED) is 0.693. The van der Waals surface area contributed by atoms with Gasteiger partial charge in [-0.05, 0) is 25.6 Å². The van der Waals surface area contributed by atoms with Crippen LogP contribution in [-0.4, -0.2) is 31.1 Å². The highest BCUT2D eigenvalue weighted by Crippen LogP contribution is 2.09. The van der Waals surface area contributed by atoms with Gasteiger partial charge in [-0.3, -0.25) is 9.69 Å². The van der Waals surface area contributed by atoms with Crippen LogP contribution in [0.4, 0.5) is 0 Å². The molecule has 84 valence electrons. The van der Waals surface area contributed by atoms with Gasteiger partial charge in [-0.1, -0.05) is 6.92 Å². The Morgan fingerprint density at radius 2 is 2.27 bits per heavy atom. The molecule has 0 saturated heterocycles. The lowest BCUT2D eigenvalue weighted by Gasteiger charge is -2.17. The Hall–Kier alpha value is -1.29. The number of likely N-dealkylation sites (N-methyl/N-ethyl adjacent to an activating group) is 1. The molecule has 1 heterocycles. The van der Waals surface area contributed by atoms with Crippen LogP contribution in [0, 0.1) is 6.92 Å². The number of nitrogens with zero attached hydrogens (tertiary/aromatic N) is 1. The molecular formula is C11H17NO3. The van der Waals surface area contributed by atoms with Crippen molar-refractivity contribution in [3.05, 3.63) is 23.7 Å². The van der Waals surface area contributed by atoms with Crippen molar-refractivity contribution in [2.45, 2.75) is 20.4 Å². The SMILES string of the molecule is CCN(CC(=O)OC)Cc1ccc(C)o1. The van der Waals surface area contributed by atoms with Crippen molar-refractivity contribution >= 4 is 5.97 Å². The maximum atomic E-state index is 11.1. The molecule has 1 aromatic heterocycles. The zero-order valence-electron chi connectivity index (χ0n) is 9.45. The lowest BCUT2D eigenvalue weighted by atomic mass is 10.4. The topological polar surface area (TPSA) is 42.7 Å². The monoisotopic (exact) mass is 211 g/mol. The molecule has 0 aliphatic rings.